The Labute approximate surface area is 133 Å². The van der Waals surface area contributed by atoms with Crippen LogP contribution in [0.4, 0.5) is 18.9 Å². The first-order valence-corrected chi connectivity index (χ1v) is 7.42. The molecular formula is C17H19F3N2O. The average Bonchev–Trinajstić information content (AvgIpc) is 2.47. The molecule has 0 amide bonds. The standard InChI is InChI=1S/C17H19F3N2O/c1-16(2)7-6-13(23)9-15(16)22(3)12-5-4-11(10-21)14(8-12)17(18,19)20/h4-5,8,15H,6-7,9H2,1-3H3. The SMILES string of the molecule is CN(c1ccc(C#N)c(C(F)(F)F)c1)C1CC(=O)CCC1(C)C. The Balaban J connectivity index is 2.41. The minimum Gasteiger partial charge on any atom is -0.371 e. The second-order valence-electron chi connectivity index (χ2n) is 6.70. The van der Waals surface area contributed by atoms with Crippen molar-refractivity contribution in [3.8, 4) is 6.07 Å². The van der Waals surface area contributed by atoms with Gasteiger partial charge in [-0.15, -0.1) is 0 Å². The number of Topliss-reactive ketones (excluding diaryl/α,β-unsaturated/α-hetero) is 1. The van der Waals surface area contributed by atoms with Gasteiger partial charge in [-0.1, -0.05) is 13.8 Å². The van der Waals surface area contributed by atoms with Crippen molar-refractivity contribution in [1.82, 2.24) is 0 Å². The maximum absolute atomic E-state index is 13.1. The van der Waals surface area contributed by atoms with Gasteiger partial charge >= 0.3 is 6.18 Å². The number of carbonyl (C=O) groups excluding carboxylic acids is 1. The largest absolute Gasteiger partial charge is 0.417 e. The zero-order valence-corrected chi connectivity index (χ0v) is 13.4. The number of halogens is 3. The summed E-state index contributed by atoms with van der Waals surface area (Å²) in [5.41, 5.74) is -1.14. The Bertz CT molecular complexity index is 659. The number of benzene rings is 1. The van der Waals surface area contributed by atoms with E-state index in [-0.39, 0.29) is 17.2 Å². The first-order chi connectivity index (χ1) is 10.6. The molecule has 0 aromatic heterocycles. The molecule has 124 valence electrons. The topological polar surface area (TPSA) is 44.1 Å². The number of alkyl halides is 3. The number of nitrogens with zero attached hydrogens (tertiary/aromatic N) is 2. The smallest absolute Gasteiger partial charge is 0.371 e. The van der Waals surface area contributed by atoms with Gasteiger partial charge in [0.15, 0.2) is 0 Å². The van der Waals surface area contributed by atoms with Crippen LogP contribution in [0.5, 0.6) is 0 Å². The normalized spacial score (nSPS) is 20.9. The van der Waals surface area contributed by atoms with E-state index in [4.69, 9.17) is 5.26 Å². The van der Waals surface area contributed by atoms with Gasteiger partial charge in [0.25, 0.3) is 0 Å². The summed E-state index contributed by atoms with van der Waals surface area (Å²) in [7, 11) is 1.70. The fraction of sp³-hybridized carbons (Fsp3) is 0.529. The molecule has 0 saturated heterocycles. The van der Waals surface area contributed by atoms with E-state index in [0.29, 0.717) is 24.9 Å². The van der Waals surface area contributed by atoms with Gasteiger partial charge < -0.3 is 4.90 Å². The fourth-order valence-corrected chi connectivity index (χ4v) is 3.15. The van der Waals surface area contributed by atoms with Crippen LogP contribution in [0.1, 0.15) is 44.2 Å². The van der Waals surface area contributed by atoms with Crippen LogP contribution in [0.25, 0.3) is 0 Å². The maximum atomic E-state index is 13.1. The van der Waals surface area contributed by atoms with Gasteiger partial charge in [0, 0.05) is 31.6 Å². The summed E-state index contributed by atoms with van der Waals surface area (Å²) in [6, 6.07) is 5.09. The first kappa shape index (κ1) is 17.3. The molecule has 1 saturated carbocycles. The lowest BCUT2D eigenvalue weighted by molar-refractivity contribution is -0.137. The van der Waals surface area contributed by atoms with Crippen LogP contribution < -0.4 is 4.90 Å². The molecule has 2 rings (SSSR count). The Morgan fingerprint density at radius 2 is 2.00 bits per heavy atom. The summed E-state index contributed by atoms with van der Waals surface area (Å²) in [4.78, 5) is 13.5. The number of rotatable bonds is 2. The Morgan fingerprint density at radius 3 is 2.57 bits per heavy atom. The van der Waals surface area contributed by atoms with E-state index in [1.165, 1.54) is 12.1 Å². The Morgan fingerprint density at radius 1 is 1.35 bits per heavy atom. The molecule has 6 heteroatoms. The molecule has 1 aliphatic rings. The van der Waals surface area contributed by atoms with Crippen molar-refractivity contribution in [1.29, 1.82) is 5.26 Å². The number of hydrogen-bond acceptors (Lipinski definition) is 3. The van der Waals surface area contributed by atoms with Gasteiger partial charge in [0.05, 0.1) is 17.2 Å². The summed E-state index contributed by atoms with van der Waals surface area (Å²) in [6.45, 7) is 4.05. The Hall–Kier alpha value is -2.03. The third kappa shape index (κ3) is 3.49. The first-order valence-electron chi connectivity index (χ1n) is 7.42. The van der Waals surface area contributed by atoms with E-state index in [0.717, 1.165) is 6.07 Å². The fourth-order valence-electron chi connectivity index (χ4n) is 3.15. The van der Waals surface area contributed by atoms with Crippen LogP contribution in [0.15, 0.2) is 18.2 Å². The summed E-state index contributed by atoms with van der Waals surface area (Å²) in [5.74, 6) is 0.130. The Kier molecular flexibility index (Phi) is 4.43. The van der Waals surface area contributed by atoms with Crippen molar-refractivity contribution in [2.45, 2.75) is 45.3 Å². The third-order valence-corrected chi connectivity index (χ3v) is 4.68. The van der Waals surface area contributed by atoms with Crippen molar-refractivity contribution in [2.75, 3.05) is 11.9 Å². The van der Waals surface area contributed by atoms with E-state index >= 15 is 0 Å². The van der Waals surface area contributed by atoms with Crippen LogP contribution in [0.2, 0.25) is 0 Å². The van der Waals surface area contributed by atoms with Crippen molar-refractivity contribution in [3.63, 3.8) is 0 Å². The predicted molar refractivity (Wildman–Crippen MR) is 81.0 cm³/mol. The van der Waals surface area contributed by atoms with Crippen LogP contribution in [0, 0.1) is 16.7 Å². The molecule has 23 heavy (non-hydrogen) atoms. The van der Waals surface area contributed by atoms with Gasteiger partial charge in [-0.05, 0) is 30.0 Å². The van der Waals surface area contributed by atoms with Gasteiger partial charge in [-0.25, -0.2) is 0 Å². The number of anilines is 1. The number of nitriles is 1. The van der Waals surface area contributed by atoms with Crippen molar-refractivity contribution in [3.05, 3.63) is 29.3 Å². The van der Waals surface area contributed by atoms with Crippen LogP contribution >= 0.6 is 0 Å². The number of carbonyl (C=O) groups is 1. The molecule has 0 spiro atoms. The molecule has 1 unspecified atom stereocenters. The van der Waals surface area contributed by atoms with Crippen LogP contribution in [0.3, 0.4) is 0 Å². The maximum Gasteiger partial charge on any atom is 0.417 e. The number of hydrogen-bond donors (Lipinski definition) is 0. The molecule has 0 radical (unpaired) electrons. The van der Waals surface area contributed by atoms with Gasteiger partial charge in [-0.2, -0.15) is 18.4 Å². The van der Waals surface area contributed by atoms with E-state index in [9.17, 15) is 18.0 Å². The zero-order chi connectivity index (χ0) is 17.4. The zero-order valence-electron chi connectivity index (χ0n) is 13.4. The average molecular weight is 324 g/mol. The molecular weight excluding hydrogens is 305 g/mol. The van der Waals surface area contributed by atoms with Crippen molar-refractivity contribution >= 4 is 11.5 Å². The molecule has 0 bridgehead atoms. The molecule has 1 fully saturated rings. The summed E-state index contributed by atoms with van der Waals surface area (Å²) in [6.07, 6.45) is -3.04. The summed E-state index contributed by atoms with van der Waals surface area (Å²) < 4.78 is 39.3. The summed E-state index contributed by atoms with van der Waals surface area (Å²) in [5, 5.41) is 8.87. The molecule has 1 aliphatic carbocycles. The second kappa shape index (κ2) is 5.88. The monoisotopic (exact) mass is 324 g/mol. The molecule has 0 N–H and O–H groups in total. The van der Waals surface area contributed by atoms with E-state index < -0.39 is 17.3 Å². The highest BCUT2D eigenvalue weighted by Gasteiger charge is 2.39. The predicted octanol–water partition coefficient (Wildman–Crippen LogP) is 4.16. The lowest BCUT2D eigenvalue weighted by Crippen LogP contribution is -2.47. The minimum atomic E-state index is -4.58. The lowest BCUT2D eigenvalue weighted by Gasteiger charge is -2.44. The molecule has 1 aromatic rings. The second-order valence-corrected chi connectivity index (χ2v) is 6.70. The van der Waals surface area contributed by atoms with Crippen LogP contribution in [-0.2, 0) is 11.0 Å². The molecule has 0 aliphatic heterocycles. The van der Waals surface area contributed by atoms with Gasteiger partial charge in [0.1, 0.15) is 5.78 Å². The molecule has 3 nitrogen and oxygen atoms in total. The third-order valence-electron chi connectivity index (χ3n) is 4.68. The van der Waals surface area contributed by atoms with Crippen LogP contribution in [-0.4, -0.2) is 18.9 Å². The summed E-state index contributed by atoms with van der Waals surface area (Å²) >= 11 is 0. The van der Waals surface area contributed by atoms with E-state index in [1.807, 2.05) is 13.8 Å². The van der Waals surface area contributed by atoms with Gasteiger partial charge in [-0.3, -0.25) is 4.79 Å². The molecule has 1 aromatic carbocycles. The molecule has 0 heterocycles. The highest BCUT2D eigenvalue weighted by atomic mass is 19.4. The quantitative estimate of drug-likeness (QED) is 0.820. The van der Waals surface area contributed by atoms with Gasteiger partial charge in [0.2, 0.25) is 0 Å². The highest BCUT2D eigenvalue weighted by Crippen LogP contribution is 2.40. The van der Waals surface area contributed by atoms with E-state index in [1.54, 1.807) is 18.0 Å². The van der Waals surface area contributed by atoms with Crippen molar-refractivity contribution < 1.29 is 18.0 Å². The number of ketones is 1. The highest BCUT2D eigenvalue weighted by molar-refractivity contribution is 5.81. The lowest BCUT2D eigenvalue weighted by atomic mass is 9.72. The van der Waals surface area contributed by atoms with Crippen molar-refractivity contribution in [2.24, 2.45) is 5.41 Å². The minimum absolute atomic E-state index is 0.130. The molecule has 1 atom stereocenters. The van der Waals surface area contributed by atoms with E-state index in [2.05, 4.69) is 0 Å².